The minimum Gasteiger partial charge on any atom is -0.478 e. The number of para-hydroxylation sites is 1. The Morgan fingerprint density at radius 1 is 0.938 bits per heavy atom. The maximum Gasteiger partial charge on any atom is 0.213 e. The summed E-state index contributed by atoms with van der Waals surface area (Å²) in [7, 11) is 0. The van der Waals surface area contributed by atoms with E-state index >= 15 is 0 Å². The first-order valence-electron chi connectivity index (χ1n) is 12.4. The Hall–Kier alpha value is -2.59. The van der Waals surface area contributed by atoms with E-state index in [-0.39, 0.29) is 0 Å². The summed E-state index contributed by atoms with van der Waals surface area (Å²) in [5.74, 6) is 0.741. The number of pyridine rings is 1. The van der Waals surface area contributed by atoms with Crippen molar-refractivity contribution in [3.63, 3.8) is 0 Å². The fourth-order valence-corrected chi connectivity index (χ4v) is 5.21. The molecular weight excluding hydrogens is 394 g/mol. The Bertz CT molecular complexity index is 1040. The Morgan fingerprint density at radius 3 is 2.72 bits per heavy atom. The van der Waals surface area contributed by atoms with Crippen molar-refractivity contribution in [2.45, 2.75) is 51.5 Å². The molecule has 1 atom stereocenters. The molecule has 4 nitrogen and oxygen atoms in total. The molecule has 0 spiro atoms. The predicted octanol–water partition coefficient (Wildman–Crippen LogP) is 6.00. The minimum absolute atomic E-state index is 0.346. The fraction of sp³-hybridized carbons (Fsp3) is 0.464. The number of ether oxygens (including phenoxy) is 1. The van der Waals surface area contributed by atoms with Crippen LogP contribution < -0.4 is 9.64 Å². The Morgan fingerprint density at radius 2 is 1.81 bits per heavy atom. The molecule has 0 amide bonds. The Balaban J connectivity index is 1.17. The third kappa shape index (κ3) is 4.75. The molecule has 3 heterocycles. The van der Waals surface area contributed by atoms with Crippen LogP contribution in [0, 0.1) is 0 Å². The van der Waals surface area contributed by atoms with Gasteiger partial charge in [0.1, 0.15) is 0 Å². The molecule has 1 aromatic heterocycles. The first-order valence-corrected chi connectivity index (χ1v) is 12.4. The quantitative estimate of drug-likeness (QED) is 0.410. The van der Waals surface area contributed by atoms with Crippen molar-refractivity contribution < 1.29 is 4.74 Å². The van der Waals surface area contributed by atoms with Gasteiger partial charge in [0.25, 0.3) is 0 Å². The highest BCUT2D eigenvalue weighted by Gasteiger charge is 2.24. The molecule has 0 aliphatic carbocycles. The lowest BCUT2D eigenvalue weighted by atomic mass is 10.0. The SMILES string of the molecule is C[C@@H](c1ccc2nc(OCCCCN3CCCCC3)ccc2c1)N1CCc2ccccc21. The Labute approximate surface area is 192 Å². The van der Waals surface area contributed by atoms with Gasteiger partial charge in [0, 0.05) is 23.7 Å². The highest BCUT2D eigenvalue weighted by atomic mass is 16.5. The van der Waals surface area contributed by atoms with Crippen molar-refractivity contribution in [2.24, 2.45) is 0 Å². The highest BCUT2D eigenvalue weighted by Crippen LogP contribution is 2.35. The summed E-state index contributed by atoms with van der Waals surface area (Å²) in [6.07, 6.45) is 7.55. The molecule has 5 rings (SSSR count). The van der Waals surface area contributed by atoms with Gasteiger partial charge in [-0.1, -0.05) is 30.7 Å². The molecule has 32 heavy (non-hydrogen) atoms. The zero-order chi connectivity index (χ0) is 21.8. The number of rotatable bonds is 8. The third-order valence-corrected chi connectivity index (χ3v) is 7.13. The molecule has 0 N–H and O–H groups in total. The topological polar surface area (TPSA) is 28.6 Å². The smallest absolute Gasteiger partial charge is 0.213 e. The van der Waals surface area contributed by atoms with Crippen LogP contribution in [0.1, 0.15) is 56.2 Å². The number of piperidine rings is 1. The van der Waals surface area contributed by atoms with Crippen LogP contribution in [0.25, 0.3) is 10.9 Å². The normalized spacial score (nSPS) is 17.5. The van der Waals surface area contributed by atoms with Crippen molar-refractivity contribution in [1.82, 2.24) is 9.88 Å². The number of hydrogen-bond donors (Lipinski definition) is 0. The molecule has 2 aromatic carbocycles. The number of nitrogens with zero attached hydrogens (tertiary/aromatic N) is 3. The lowest BCUT2D eigenvalue weighted by molar-refractivity contribution is 0.215. The van der Waals surface area contributed by atoms with Crippen LogP contribution in [-0.2, 0) is 6.42 Å². The van der Waals surface area contributed by atoms with Crippen LogP contribution in [0.2, 0.25) is 0 Å². The minimum atomic E-state index is 0.346. The van der Waals surface area contributed by atoms with Crippen LogP contribution in [-0.4, -0.2) is 42.7 Å². The molecule has 1 fully saturated rings. The number of fused-ring (bicyclic) bond motifs is 2. The number of unbranched alkanes of at least 4 members (excludes halogenated alkanes) is 1. The first kappa shape index (κ1) is 21.3. The molecule has 0 saturated carbocycles. The number of benzene rings is 2. The van der Waals surface area contributed by atoms with E-state index in [1.807, 2.05) is 6.07 Å². The van der Waals surface area contributed by atoms with Gasteiger partial charge in [0.2, 0.25) is 5.88 Å². The van der Waals surface area contributed by atoms with Gasteiger partial charge in [0.05, 0.1) is 18.2 Å². The van der Waals surface area contributed by atoms with Crippen LogP contribution in [0.5, 0.6) is 5.88 Å². The summed E-state index contributed by atoms with van der Waals surface area (Å²) in [5.41, 5.74) is 5.18. The lowest BCUT2D eigenvalue weighted by Crippen LogP contribution is -2.30. The van der Waals surface area contributed by atoms with E-state index in [2.05, 4.69) is 65.3 Å². The number of likely N-dealkylation sites (tertiary alicyclic amines) is 1. The van der Waals surface area contributed by atoms with Crippen LogP contribution in [0.3, 0.4) is 0 Å². The second-order valence-corrected chi connectivity index (χ2v) is 9.31. The molecule has 2 aliphatic rings. The molecule has 4 heteroatoms. The standard InChI is InChI=1S/C28H35N3O/c1-22(31-19-15-23-9-3-4-10-27(23)31)24-11-13-26-25(21-24)12-14-28(29-26)32-20-8-7-18-30-16-5-2-6-17-30/h3-4,9-14,21-22H,2,5-8,15-20H2,1H3/t22-/m0/s1. The third-order valence-electron chi connectivity index (χ3n) is 7.13. The monoisotopic (exact) mass is 429 g/mol. The van der Waals surface area contributed by atoms with E-state index in [1.54, 1.807) is 0 Å². The molecule has 1 saturated heterocycles. The summed E-state index contributed by atoms with van der Waals surface area (Å²) in [4.78, 5) is 9.86. The van der Waals surface area contributed by atoms with Gasteiger partial charge in [-0.15, -0.1) is 0 Å². The average molecular weight is 430 g/mol. The van der Waals surface area contributed by atoms with Crippen molar-refractivity contribution in [3.05, 3.63) is 65.7 Å². The van der Waals surface area contributed by atoms with E-state index < -0.39 is 0 Å². The van der Waals surface area contributed by atoms with Gasteiger partial charge >= 0.3 is 0 Å². The molecule has 0 unspecified atom stereocenters. The molecule has 168 valence electrons. The van der Waals surface area contributed by atoms with E-state index in [0.29, 0.717) is 6.04 Å². The van der Waals surface area contributed by atoms with Gasteiger partial charge in [0.15, 0.2) is 0 Å². The number of anilines is 1. The zero-order valence-corrected chi connectivity index (χ0v) is 19.3. The summed E-state index contributed by atoms with van der Waals surface area (Å²) >= 11 is 0. The van der Waals surface area contributed by atoms with Crippen molar-refractivity contribution in [3.8, 4) is 5.88 Å². The predicted molar refractivity (Wildman–Crippen MR) is 133 cm³/mol. The van der Waals surface area contributed by atoms with Crippen LogP contribution >= 0.6 is 0 Å². The van der Waals surface area contributed by atoms with Crippen molar-refractivity contribution in [1.29, 1.82) is 0 Å². The van der Waals surface area contributed by atoms with Crippen molar-refractivity contribution >= 4 is 16.6 Å². The van der Waals surface area contributed by atoms with E-state index in [0.717, 1.165) is 37.4 Å². The maximum absolute atomic E-state index is 5.96. The zero-order valence-electron chi connectivity index (χ0n) is 19.3. The summed E-state index contributed by atoms with van der Waals surface area (Å²) in [5, 5.41) is 1.18. The average Bonchev–Trinajstić information content (AvgIpc) is 3.28. The molecule has 2 aliphatic heterocycles. The fourth-order valence-electron chi connectivity index (χ4n) is 5.21. The van der Waals surface area contributed by atoms with Gasteiger partial charge in [-0.05, 0) is 94.1 Å². The maximum atomic E-state index is 5.96. The summed E-state index contributed by atoms with van der Waals surface area (Å²) in [6, 6.07) is 20.0. The molecule has 0 bridgehead atoms. The van der Waals surface area contributed by atoms with E-state index in [4.69, 9.17) is 9.72 Å². The summed E-state index contributed by atoms with van der Waals surface area (Å²) in [6.45, 7) is 7.89. The lowest BCUT2D eigenvalue weighted by Gasteiger charge is -2.28. The Kier molecular flexibility index (Phi) is 6.59. The second-order valence-electron chi connectivity index (χ2n) is 9.31. The molecule has 0 radical (unpaired) electrons. The van der Waals surface area contributed by atoms with E-state index in [1.165, 1.54) is 67.5 Å². The largest absolute Gasteiger partial charge is 0.478 e. The van der Waals surface area contributed by atoms with Crippen LogP contribution in [0.4, 0.5) is 5.69 Å². The first-order chi connectivity index (χ1) is 15.8. The second kappa shape index (κ2) is 9.91. The van der Waals surface area contributed by atoms with Crippen LogP contribution in [0.15, 0.2) is 54.6 Å². The number of hydrogen-bond acceptors (Lipinski definition) is 4. The molecule has 3 aromatic rings. The summed E-state index contributed by atoms with van der Waals surface area (Å²) < 4.78 is 5.96. The van der Waals surface area contributed by atoms with E-state index in [9.17, 15) is 0 Å². The number of aromatic nitrogens is 1. The van der Waals surface area contributed by atoms with Gasteiger partial charge in [-0.3, -0.25) is 0 Å². The van der Waals surface area contributed by atoms with Crippen molar-refractivity contribution in [2.75, 3.05) is 37.7 Å². The molecular formula is C28H35N3O. The van der Waals surface area contributed by atoms with Gasteiger partial charge in [-0.2, -0.15) is 0 Å². The highest BCUT2D eigenvalue weighted by molar-refractivity contribution is 5.80. The van der Waals surface area contributed by atoms with Gasteiger partial charge < -0.3 is 14.5 Å². The van der Waals surface area contributed by atoms with Gasteiger partial charge in [-0.25, -0.2) is 4.98 Å².